The smallest absolute Gasteiger partial charge is 0.129 e. The molecule has 16 heavy (non-hydrogen) atoms. The third-order valence-electron chi connectivity index (χ3n) is 2.37. The van der Waals surface area contributed by atoms with Gasteiger partial charge in [0.25, 0.3) is 0 Å². The van der Waals surface area contributed by atoms with Gasteiger partial charge in [0.1, 0.15) is 6.29 Å². The predicted octanol–water partition coefficient (Wildman–Crippen LogP) is 3.80. The highest BCUT2D eigenvalue weighted by molar-refractivity contribution is 8.00. The van der Waals surface area contributed by atoms with Crippen LogP contribution in [0.2, 0.25) is 5.02 Å². The summed E-state index contributed by atoms with van der Waals surface area (Å²) in [7, 11) is 0. The number of aldehydes is 1. The summed E-state index contributed by atoms with van der Waals surface area (Å²) >= 11 is 7.60. The number of benzene rings is 1. The number of carbonyl (C=O) groups is 1. The molecular weight excluding hydrogens is 240 g/mol. The molecule has 1 atom stereocenters. The highest BCUT2D eigenvalue weighted by Gasteiger charge is 2.06. The van der Waals surface area contributed by atoms with Gasteiger partial charge >= 0.3 is 0 Å². The Morgan fingerprint density at radius 3 is 2.94 bits per heavy atom. The van der Waals surface area contributed by atoms with Crippen molar-refractivity contribution in [3.8, 4) is 0 Å². The molecule has 0 aliphatic heterocycles. The molecule has 1 unspecified atom stereocenters. The zero-order valence-corrected chi connectivity index (χ0v) is 10.8. The minimum Gasteiger partial charge on any atom is -0.302 e. The number of thioether (sulfide) groups is 1. The maximum absolute atomic E-state index is 10.3. The molecule has 1 nitrogen and oxygen atoms in total. The Hall–Kier alpha value is -0.470. The number of carbonyl (C=O) groups excluding carboxylic acids is 1. The molecule has 1 aromatic rings. The second-order valence-corrected chi connectivity index (χ2v) is 5.35. The van der Waals surface area contributed by atoms with Crippen LogP contribution in [0.4, 0.5) is 0 Å². The summed E-state index contributed by atoms with van der Waals surface area (Å²) in [5.74, 6) is 0.565. The SMILES string of the molecule is [CH2]CC(CCc1cccc(Cl)c1)SCC=O. The Morgan fingerprint density at radius 2 is 2.31 bits per heavy atom. The van der Waals surface area contributed by atoms with E-state index < -0.39 is 0 Å². The topological polar surface area (TPSA) is 17.1 Å². The van der Waals surface area contributed by atoms with E-state index in [0.29, 0.717) is 11.0 Å². The van der Waals surface area contributed by atoms with Crippen molar-refractivity contribution in [2.24, 2.45) is 0 Å². The summed E-state index contributed by atoms with van der Waals surface area (Å²) in [6.07, 6.45) is 3.85. The van der Waals surface area contributed by atoms with Gasteiger partial charge in [-0.05, 0) is 37.0 Å². The van der Waals surface area contributed by atoms with Crippen molar-refractivity contribution in [2.45, 2.75) is 24.5 Å². The Kier molecular flexibility index (Phi) is 6.58. The van der Waals surface area contributed by atoms with Crippen LogP contribution in [0.1, 0.15) is 18.4 Å². The van der Waals surface area contributed by atoms with Gasteiger partial charge in [-0.15, -0.1) is 0 Å². The normalized spacial score (nSPS) is 12.4. The van der Waals surface area contributed by atoms with Gasteiger partial charge in [-0.1, -0.05) is 30.7 Å². The molecule has 0 aromatic heterocycles. The first-order chi connectivity index (χ1) is 7.76. The molecule has 0 saturated heterocycles. The lowest BCUT2D eigenvalue weighted by molar-refractivity contribution is -0.105. The molecule has 0 N–H and O–H groups in total. The first-order valence-electron chi connectivity index (χ1n) is 5.35. The second kappa shape index (κ2) is 7.75. The minimum absolute atomic E-state index is 0.462. The van der Waals surface area contributed by atoms with Gasteiger partial charge < -0.3 is 4.79 Å². The zero-order chi connectivity index (χ0) is 11.8. The number of rotatable bonds is 7. The van der Waals surface area contributed by atoms with E-state index in [1.807, 2.05) is 18.2 Å². The monoisotopic (exact) mass is 255 g/mol. The molecule has 0 bridgehead atoms. The molecule has 0 spiro atoms. The van der Waals surface area contributed by atoms with Gasteiger partial charge in [0.2, 0.25) is 0 Å². The van der Waals surface area contributed by atoms with Crippen LogP contribution in [0, 0.1) is 6.92 Å². The standard InChI is InChI=1S/C13H16ClOS/c1-2-13(16-9-8-15)7-6-11-4-3-5-12(14)10-11/h3-5,8,10,13H,1-2,6-7,9H2. The third-order valence-corrected chi connectivity index (χ3v) is 3.87. The van der Waals surface area contributed by atoms with Crippen LogP contribution in [0.5, 0.6) is 0 Å². The molecule has 0 aliphatic rings. The van der Waals surface area contributed by atoms with E-state index >= 15 is 0 Å². The van der Waals surface area contributed by atoms with Crippen LogP contribution in [-0.2, 0) is 11.2 Å². The minimum atomic E-state index is 0.462. The van der Waals surface area contributed by atoms with E-state index in [1.54, 1.807) is 11.8 Å². The van der Waals surface area contributed by atoms with Gasteiger partial charge in [-0.3, -0.25) is 0 Å². The lowest BCUT2D eigenvalue weighted by atomic mass is 10.1. The largest absolute Gasteiger partial charge is 0.302 e. The summed E-state index contributed by atoms with van der Waals surface area (Å²) in [6.45, 7) is 3.91. The van der Waals surface area contributed by atoms with Crippen molar-refractivity contribution in [1.29, 1.82) is 0 Å². The van der Waals surface area contributed by atoms with Crippen LogP contribution >= 0.6 is 23.4 Å². The summed E-state index contributed by atoms with van der Waals surface area (Å²) in [6, 6.07) is 7.92. The zero-order valence-electron chi connectivity index (χ0n) is 9.19. The Morgan fingerprint density at radius 1 is 1.50 bits per heavy atom. The molecule has 1 rings (SSSR count). The molecule has 87 valence electrons. The molecule has 1 radical (unpaired) electrons. The van der Waals surface area contributed by atoms with Crippen LogP contribution in [0.25, 0.3) is 0 Å². The molecule has 0 aliphatic carbocycles. The van der Waals surface area contributed by atoms with Crippen LogP contribution in [0.3, 0.4) is 0 Å². The number of hydrogen-bond acceptors (Lipinski definition) is 2. The molecular formula is C13H16ClOS. The molecule has 1 aromatic carbocycles. The summed E-state index contributed by atoms with van der Waals surface area (Å²) in [5, 5.41) is 1.24. The van der Waals surface area contributed by atoms with E-state index in [2.05, 4.69) is 13.0 Å². The third kappa shape index (κ3) is 5.04. The maximum atomic E-state index is 10.3. The van der Waals surface area contributed by atoms with E-state index in [1.165, 1.54) is 5.56 Å². The van der Waals surface area contributed by atoms with Crippen LogP contribution in [0.15, 0.2) is 24.3 Å². The van der Waals surface area contributed by atoms with Crippen molar-refractivity contribution in [1.82, 2.24) is 0 Å². The van der Waals surface area contributed by atoms with Crippen molar-refractivity contribution >= 4 is 29.6 Å². The van der Waals surface area contributed by atoms with E-state index in [9.17, 15) is 4.79 Å². The fourth-order valence-corrected chi connectivity index (χ4v) is 2.52. The highest BCUT2D eigenvalue weighted by Crippen LogP contribution is 2.20. The van der Waals surface area contributed by atoms with E-state index in [0.717, 1.165) is 30.6 Å². The van der Waals surface area contributed by atoms with Gasteiger partial charge in [0.15, 0.2) is 0 Å². The van der Waals surface area contributed by atoms with Crippen LogP contribution < -0.4 is 0 Å². The summed E-state index contributed by atoms with van der Waals surface area (Å²) in [4.78, 5) is 10.3. The summed E-state index contributed by atoms with van der Waals surface area (Å²) < 4.78 is 0. The molecule has 0 amide bonds. The van der Waals surface area contributed by atoms with Gasteiger partial charge in [0, 0.05) is 16.0 Å². The fraction of sp³-hybridized carbons (Fsp3) is 0.385. The van der Waals surface area contributed by atoms with E-state index in [-0.39, 0.29) is 0 Å². The average molecular weight is 256 g/mol. The average Bonchev–Trinajstić information content (AvgIpc) is 2.29. The van der Waals surface area contributed by atoms with Gasteiger partial charge in [-0.25, -0.2) is 0 Å². The quantitative estimate of drug-likeness (QED) is 0.690. The van der Waals surface area contributed by atoms with Gasteiger partial charge in [0.05, 0.1) is 0 Å². The first-order valence-corrected chi connectivity index (χ1v) is 6.78. The number of aryl methyl sites for hydroxylation is 1. The predicted molar refractivity (Wildman–Crippen MR) is 72.1 cm³/mol. The second-order valence-electron chi connectivity index (χ2n) is 3.58. The van der Waals surface area contributed by atoms with Crippen LogP contribution in [-0.4, -0.2) is 17.3 Å². The molecule has 0 fully saturated rings. The van der Waals surface area contributed by atoms with E-state index in [4.69, 9.17) is 11.6 Å². The van der Waals surface area contributed by atoms with Gasteiger partial charge in [-0.2, -0.15) is 11.8 Å². The van der Waals surface area contributed by atoms with Crippen molar-refractivity contribution < 1.29 is 4.79 Å². The molecule has 3 heteroatoms. The maximum Gasteiger partial charge on any atom is 0.129 e. The highest BCUT2D eigenvalue weighted by atomic mass is 35.5. The van der Waals surface area contributed by atoms with Crippen molar-refractivity contribution in [3.05, 3.63) is 41.8 Å². The van der Waals surface area contributed by atoms with Crippen molar-refractivity contribution in [2.75, 3.05) is 5.75 Å². The lowest BCUT2D eigenvalue weighted by Crippen LogP contribution is -2.04. The van der Waals surface area contributed by atoms with Crippen molar-refractivity contribution in [3.63, 3.8) is 0 Å². The Labute approximate surface area is 107 Å². The summed E-state index contributed by atoms with van der Waals surface area (Å²) in [5.41, 5.74) is 1.25. The number of hydrogen-bond donors (Lipinski definition) is 0. The lowest BCUT2D eigenvalue weighted by Gasteiger charge is -2.12. The number of halogens is 1. The molecule has 0 saturated carbocycles. The Bertz CT molecular complexity index is 327. The Balaban J connectivity index is 2.39. The fourth-order valence-electron chi connectivity index (χ4n) is 1.51. The molecule has 0 heterocycles. The first kappa shape index (κ1) is 13.6.